The zero-order valence-electron chi connectivity index (χ0n) is 17.4. The predicted octanol–water partition coefficient (Wildman–Crippen LogP) is 3.48. The summed E-state index contributed by atoms with van der Waals surface area (Å²) in [7, 11) is 3.17. The van der Waals surface area contributed by atoms with Gasteiger partial charge in [-0.2, -0.15) is 5.10 Å². The summed E-state index contributed by atoms with van der Waals surface area (Å²) < 4.78 is 17.8. The molecule has 0 saturated heterocycles. The minimum absolute atomic E-state index is 0.156. The highest BCUT2D eigenvalue weighted by Crippen LogP contribution is 2.32. The van der Waals surface area contributed by atoms with E-state index < -0.39 is 0 Å². The van der Waals surface area contributed by atoms with Crippen molar-refractivity contribution in [2.45, 2.75) is 18.6 Å². The lowest BCUT2D eigenvalue weighted by molar-refractivity contribution is -0.118. The van der Waals surface area contributed by atoms with Crippen LogP contribution in [-0.4, -0.2) is 46.9 Å². The normalized spacial score (nSPS) is 11.3. The molecule has 0 bridgehead atoms. The third kappa shape index (κ3) is 5.76. The van der Waals surface area contributed by atoms with Crippen LogP contribution in [0.2, 0.25) is 0 Å². The molecule has 0 unspecified atom stereocenters. The molecule has 0 atom stereocenters. The number of benzene rings is 1. The molecule has 0 aliphatic heterocycles. The monoisotopic (exact) mass is 441 g/mol. The summed E-state index contributed by atoms with van der Waals surface area (Å²) in [4.78, 5) is 12.1. The van der Waals surface area contributed by atoms with Crippen molar-refractivity contribution in [3.63, 3.8) is 0 Å². The van der Waals surface area contributed by atoms with E-state index in [-0.39, 0.29) is 11.7 Å². The molecule has 1 amide bonds. The third-order valence-electron chi connectivity index (χ3n) is 4.16. The maximum Gasteiger partial charge on any atom is 0.250 e. The van der Waals surface area contributed by atoms with E-state index in [1.54, 1.807) is 38.7 Å². The van der Waals surface area contributed by atoms with Crippen LogP contribution < -0.4 is 14.9 Å². The van der Waals surface area contributed by atoms with E-state index in [1.807, 2.05) is 35.8 Å². The first-order valence-corrected chi connectivity index (χ1v) is 10.4. The summed E-state index contributed by atoms with van der Waals surface area (Å²) in [6.07, 6.45) is 6.48. The zero-order chi connectivity index (χ0) is 22.1. The standard InChI is InChI=1S/C21H23N5O4S/c1-4-26-20(15-9-10-17(28-2)18(13-15)29-3)24-25-21(26)31-14-19(27)23-22-11-5-7-16-8-6-12-30-16/h5-13H,4,14H2,1-3H3,(H,23,27)/b7-5+,22-11+. The fourth-order valence-electron chi connectivity index (χ4n) is 2.71. The number of nitrogens with zero attached hydrogens (tertiary/aromatic N) is 4. The summed E-state index contributed by atoms with van der Waals surface area (Å²) in [5.74, 6) is 2.55. The van der Waals surface area contributed by atoms with E-state index in [4.69, 9.17) is 13.9 Å². The number of amides is 1. The van der Waals surface area contributed by atoms with Crippen LogP contribution >= 0.6 is 11.8 Å². The predicted molar refractivity (Wildman–Crippen MR) is 119 cm³/mol. The Morgan fingerprint density at radius 1 is 1.26 bits per heavy atom. The molecule has 1 N–H and O–H groups in total. The highest BCUT2D eigenvalue weighted by Gasteiger charge is 2.16. The number of thioether (sulfide) groups is 1. The SMILES string of the molecule is CCn1c(SCC(=O)N/N=C/C=C/c2ccco2)nnc1-c1ccc(OC)c(OC)c1. The van der Waals surface area contributed by atoms with Gasteiger partial charge in [-0.1, -0.05) is 11.8 Å². The molecule has 10 heteroatoms. The smallest absolute Gasteiger partial charge is 0.250 e. The van der Waals surface area contributed by atoms with Gasteiger partial charge < -0.3 is 18.5 Å². The van der Waals surface area contributed by atoms with Gasteiger partial charge in [0, 0.05) is 18.3 Å². The van der Waals surface area contributed by atoms with Gasteiger partial charge in [0.25, 0.3) is 5.91 Å². The average molecular weight is 442 g/mol. The van der Waals surface area contributed by atoms with E-state index in [0.29, 0.717) is 34.8 Å². The summed E-state index contributed by atoms with van der Waals surface area (Å²) in [6.45, 7) is 2.64. The van der Waals surface area contributed by atoms with Gasteiger partial charge >= 0.3 is 0 Å². The number of rotatable bonds is 10. The van der Waals surface area contributed by atoms with Gasteiger partial charge in [0.05, 0.1) is 26.2 Å². The molecule has 0 fully saturated rings. The number of hydrogen-bond acceptors (Lipinski definition) is 8. The summed E-state index contributed by atoms with van der Waals surface area (Å²) in [6, 6.07) is 9.17. The second-order valence-corrected chi connectivity index (χ2v) is 7.04. The Labute approximate surface area is 184 Å². The van der Waals surface area contributed by atoms with Crippen molar-refractivity contribution < 1.29 is 18.7 Å². The Morgan fingerprint density at radius 2 is 2.10 bits per heavy atom. The van der Waals surface area contributed by atoms with E-state index in [1.165, 1.54) is 18.0 Å². The van der Waals surface area contributed by atoms with Gasteiger partial charge in [-0.25, -0.2) is 5.43 Å². The number of furan rings is 1. The van der Waals surface area contributed by atoms with Gasteiger partial charge in [0.15, 0.2) is 22.5 Å². The molecule has 31 heavy (non-hydrogen) atoms. The largest absolute Gasteiger partial charge is 0.493 e. The van der Waals surface area contributed by atoms with Crippen LogP contribution in [0.1, 0.15) is 12.7 Å². The van der Waals surface area contributed by atoms with Crippen molar-refractivity contribution in [2.75, 3.05) is 20.0 Å². The number of nitrogens with one attached hydrogen (secondary N) is 1. The Hall–Kier alpha value is -3.53. The number of aromatic nitrogens is 3. The molecule has 3 rings (SSSR count). The van der Waals surface area contributed by atoms with Crippen LogP contribution in [0.3, 0.4) is 0 Å². The van der Waals surface area contributed by atoms with Crippen molar-refractivity contribution in [1.82, 2.24) is 20.2 Å². The highest BCUT2D eigenvalue weighted by molar-refractivity contribution is 7.99. The molecule has 2 aromatic heterocycles. The van der Waals surface area contributed by atoms with E-state index in [9.17, 15) is 4.79 Å². The minimum atomic E-state index is -0.244. The Kier molecular flexibility index (Phi) is 7.88. The average Bonchev–Trinajstić information content (AvgIpc) is 3.46. The number of hydrazone groups is 1. The number of carbonyl (C=O) groups is 1. The first-order chi connectivity index (χ1) is 15.2. The van der Waals surface area contributed by atoms with Gasteiger partial charge in [-0.15, -0.1) is 10.2 Å². The summed E-state index contributed by atoms with van der Waals surface area (Å²) in [5.41, 5.74) is 3.32. The first kappa shape index (κ1) is 22.2. The summed E-state index contributed by atoms with van der Waals surface area (Å²) >= 11 is 1.29. The number of methoxy groups -OCH3 is 2. The van der Waals surface area contributed by atoms with Crippen LogP contribution in [0.4, 0.5) is 0 Å². The van der Waals surface area contributed by atoms with E-state index in [2.05, 4.69) is 20.7 Å². The van der Waals surface area contributed by atoms with Crippen LogP contribution in [0.5, 0.6) is 11.5 Å². The molecule has 3 aromatic rings. The molecule has 9 nitrogen and oxygen atoms in total. The second-order valence-electron chi connectivity index (χ2n) is 6.10. The lowest BCUT2D eigenvalue weighted by Gasteiger charge is -2.10. The first-order valence-electron chi connectivity index (χ1n) is 9.46. The number of hydrogen-bond donors (Lipinski definition) is 1. The molecule has 162 valence electrons. The molecule has 2 heterocycles. The Morgan fingerprint density at radius 3 is 2.81 bits per heavy atom. The fourth-order valence-corrected chi connectivity index (χ4v) is 3.50. The summed E-state index contributed by atoms with van der Waals surface area (Å²) in [5, 5.41) is 13.1. The Balaban J connectivity index is 1.60. The van der Waals surface area contributed by atoms with Crippen LogP contribution in [0, 0.1) is 0 Å². The molecular weight excluding hydrogens is 418 g/mol. The van der Waals surface area contributed by atoms with Gasteiger partial charge in [-0.3, -0.25) is 4.79 Å². The highest BCUT2D eigenvalue weighted by atomic mass is 32.2. The van der Waals surface area contributed by atoms with E-state index >= 15 is 0 Å². The molecule has 1 aromatic carbocycles. The number of carbonyl (C=O) groups excluding carboxylic acids is 1. The molecule has 0 aliphatic carbocycles. The van der Waals surface area contributed by atoms with Gasteiger partial charge in [-0.05, 0) is 49.4 Å². The quantitative estimate of drug-likeness (QED) is 0.292. The van der Waals surface area contributed by atoms with Crippen molar-refractivity contribution in [2.24, 2.45) is 5.10 Å². The van der Waals surface area contributed by atoms with E-state index in [0.717, 1.165) is 5.56 Å². The van der Waals surface area contributed by atoms with Gasteiger partial charge in [0.2, 0.25) is 0 Å². The molecule has 0 spiro atoms. The second kappa shape index (κ2) is 11.0. The number of ether oxygens (including phenoxy) is 2. The molecule has 0 aliphatic rings. The lowest BCUT2D eigenvalue weighted by Crippen LogP contribution is -2.19. The number of allylic oxidation sites excluding steroid dienone is 1. The fraction of sp³-hybridized carbons (Fsp3) is 0.238. The molecule has 0 radical (unpaired) electrons. The minimum Gasteiger partial charge on any atom is -0.493 e. The van der Waals surface area contributed by atoms with Crippen LogP contribution in [0.25, 0.3) is 17.5 Å². The van der Waals surface area contributed by atoms with Crippen molar-refractivity contribution in [1.29, 1.82) is 0 Å². The molecule has 0 saturated carbocycles. The van der Waals surface area contributed by atoms with Crippen LogP contribution in [0.15, 0.2) is 57.3 Å². The maximum absolute atomic E-state index is 12.1. The zero-order valence-corrected chi connectivity index (χ0v) is 18.3. The van der Waals surface area contributed by atoms with Crippen molar-refractivity contribution >= 4 is 30.0 Å². The molecular formula is C21H23N5O4S. The third-order valence-corrected chi connectivity index (χ3v) is 5.13. The lowest BCUT2D eigenvalue weighted by atomic mass is 10.2. The Bertz CT molecular complexity index is 1060. The van der Waals surface area contributed by atoms with Crippen molar-refractivity contribution in [3.05, 3.63) is 48.4 Å². The van der Waals surface area contributed by atoms with Gasteiger partial charge in [0.1, 0.15) is 5.76 Å². The topological polar surface area (TPSA) is 104 Å². The maximum atomic E-state index is 12.1. The van der Waals surface area contributed by atoms with Crippen molar-refractivity contribution in [3.8, 4) is 22.9 Å². The van der Waals surface area contributed by atoms with Crippen LogP contribution in [-0.2, 0) is 11.3 Å².